The zero-order valence-electron chi connectivity index (χ0n) is 12.0. The van der Waals surface area contributed by atoms with Crippen LogP contribution in [0.5, 0.6) is 0 Å². The summed E-state index contributed by atoms with van der Waals surface area (Å²) in [6.45, 7) is 0.613. The summed E-state index contributed by atoms with van der Waals surface area (Å²) in [7, 11) is -0.798. The van der Waals surface area contributed by atoms with Crippen LogP contribution >= 0.6 is 0 Å². The van der Waals surface area contributed by atoms with E-state index in [1.165, 1.54) is 44.9 Å². The Hall–Kier alpha value is -0.580. The first-order valence-electron chi connectivity index (χ1n) is 7.52. The number of nitrogens with two attached hydrogens (primary N) is 1. The molecule has 5 heteroatoms. The molecule has 2 aliphatic carbocycles. The second-order valence-corrected chi connectivity index (χ2v) is 7.80. The summed E-state index contributed by atoms with van der Waals surface area (Å²) in [5.74, 6) is 0.545. The molecule has 19 heavy (non-hydrogen) atoms. The second-order valence-electron chi connectivity index (χ2n) is 6.02. The Morgan fingerprint density at radius 2 is 1.89 bits per heavy atom. The van der Waals surface area contributed by atoms with Crippen molar-refractivity contribution in [2.75, 3.05) is 12.8 Å². The number of nitrogens with one attached hydrogen (secondary N) is 1. The molecule has 0 aromatic rings. The van der Waals surface area contributed by atoms with E-state index in [1.807, 2.05) is 0 Å². The molecular formula is C14H27N3OS. The molecule has 0 radical (unpaired) electrons. The third-order valence-electron chi connectivity index (χ3n) is 4.62. The van der Waals surface area contributed by atoms with Gasteiger partial charge >= 0.3 is 0 Å². The van der Waals surface area contributed by atoms with Crippen molar-refractivity contribution in [1.82, 2.24) is 5.32 Å². The summed E-state index contributed by atoms with van der Waals surface area (Å²) in [6.07, 6.45) is 12.7. The molecule has 1 atom stereocenters. The van der Waals surface area contributed by atoms with E-state index >= 15 is 0 Å². The average molecular weight is 285 g/mol. The van der Waals surface area contributed by atoms with E-state index in [4.69, 9.17) is 5.73 Å². The molecule has 0 amide bonds. The summed E-state index contributed by atoms with van der Waals surface area (Å²) < 4.78 is 11.7. The fraction of sp³-hybridized carbons (Fsp3) is 0.929. The topological polar surface area (TPSA) is 67.5 Å². The van der Waals surface area contributed by atoms with Crippen molar-refractivity contribution in [2.45, 2.75) is 68.6 Å². The third-order valence-corrected chi connectivity index (χ3v) is 6.38. The zero-order chi connectivity index (χ0) is 13.7. The van der Waals surface area contributed by atoms with Crippen LogP contribution in [0, 0.1) is 0 Å². The van der Waals surface area contributed by atoms with Crippen molar-refractivity contribution in [3.8, 4) is 0 Å². The van der Waals surface area contributed by atoms with Gasteiger partial charge < -0.3 is 11.1 Å². The van der Waals surface area contributed by atoms with Gasteiger partial charge in [0.2, 0.25) is 0 Å². The van der Waals surface area contributed by atoms with Crippen LogP contribution in [-0.2, 0) is 10.8 Å². The largest absolute Gasteiger partial charge is 0.370 e. The van der Waals surface area contributed by atoms with Crippen molar-refractivity contribution in [1.29, 1.82) is 0 Å². The molecule has 0 bridgehead atoms. The van der Waals surface area contributed by atoms with Crippen molar-refractivity contribution < 1.29 is 4.21 Å². The number of hydrogen-bond donors (Lipinski definition) is 2. The highest BCUT2D eigenvalue weighted by Crippen LogP contribution is 2.37. The van der Waals surface area contributed by atoms with Crippen LogP contribution in [0.1, 0.15) is 57.8 Å². The highest BCUT2D eigenvalue weighted by atomic mass is 32.2. The maximum Gasteiger partial charge on any atom is 0.188 e. The van der Waals surface area contributed by atoms with Gasteiger partial charge in [0.05, 0.1) is 11.3 Å². The van der Waals surface area contributed by atoms with Gasteiger partial charge in [0, 0.05) is 23.1 Å². The summed E-state index contributed by atoms with van der Waals surface area (Å²) in [6, 6.07) is 0.482. The van der Waals surface area contributed by atoms with E-state index in [1.54, 1.807) is 6.26 Å². The van der Waals surface area contributed by atoms with Gasteiger partial charge in [0.15, 0.2) is 5.96 Å². The molecule has 2 rings (SSSR count). The Kier molecular flexibility index (Phi) is 5.25. The third kappa shape index (κ3) is 3.94. The SMILES string of the molecule is CS(=O)C1(CN=C(N)NC2CCCCCC2)CCC1. The monoisotopic (exact) mass is 285 g/mol. The molecule has 0 saturated heterocycles. The minimum atomic E-state index is -0.798. The van der Waals surface area contributed by atoms with Gasteiger partial charge in [-0.15, -0.1) is 0 Å². The van der Waals surface area contributed by atoms with Crippen LogP contribution in [0.25, 0.3) is 0 Å². The van der Waals surface area contributed by atoms with Crippen LogP contribution < -0.4 is 11.1 Å². The van der Waals surface area contributed by atoms with Crippen molar-refractivity contribution in [3.63, 3.8) is 0 Å². The molecule has 2 aliphatic rings. The van der Waals surface area contributed by atoms with Crippen molar-refractivity contribution in [3.05, 3.63) is 0 Å². The predicted molar refractivity (Wildman–Crippen MR) is 81.8 cm³/mol. The van der Waals surface area contributed by atoms with E-state index in [0.717, 1.165) is 12.8 Å². The Morgan fingerprint density at radius 1 is 1.26 bits per heavy atom. The average Bonchev–Trinajstić information content (AvgIpc) is 2.55. The summed E-state index contributed by atoms with van der Waals surface area (Å²) in [5.41, 5.74) is 5.98. The molecule has 3 N–H and O–H groups in total. The first kappa shape index (κ1) is 14.8. The number of rotatable bonds is 4. The minimum absolute atomic E-state index is 0.0875. The molecule has 4 nitrogen and oxygen atoms in total. The van der Waals surface area contributed by atoms with Crippen LogP contribution in [0.4, 0.5) is 0 Å². The van der Waals surface area contributed by atoms with Crippen LogP contribution in [-0.4, -0.2) is 33.8 Å². The van der Waals surface area contributed by atoms with E-state index in [0.29, 0.717) is 18.5 Å². The van der Waals surface area contributed by atoms with Gasteiger partial charge in [0.25, 0.3) is 0 Å². The van der Waals surface area contributed by atoms with Gasteiger partial charge in [-0.1, -0.05) is 32.1 Å². The molecular weight excluding hydrogens is 258 g/mol. The van der Waals surface area contributed by atoms with Crippen molar-refractivity contribution >= 4 is 16.8 Å². The zero-order valence-corrected chi connectivity index (χ0v) is 12.8. The second kappa shape index (κ2) is 6.73. The molecule has 0 heterocycles. The maximum absolute atomic E-state index is 11.8. The molecule has 110 valence electrons. The Labute approximate surface area is 119 Å². The normalized spacial score (nSPS) is 26.3. The first-order chi connectivity index (χ1) is 9.12. The van der Waals surface area contributed by atoms with Gasteiger partial charge in [-0.05, 0) is 25.7 Å². The number of aliphatic imine (C=N–C) groups is 1. The molecule has 2 fully saturated rings. The smallest absolute Gasteiger partial charge is 0.188 e. The number of guanidine groups is 1. The van der Waals surface area contributed by atoms with Gasteiger partial charge in [-0.25, -0.2) is 0 Å². The summed E-state index contributed by atoms with van der Waals surface area (Å²) in [4.78, 5) is 4.45. The Morgan fingerprint density at radius 3 is 2.37 bits per heavy atom. The molecule has 0 aliphatic heterocycles. The lowest BCUT2D eigenvalue weighted by Gasteiger charge is -2.38. The van der Waals surface area contributed by atoms with Crippen molar-refractivity contribution in [2.24, 2.45) is 10.7 Å². The van der Waals surface area contributed by atoms with Gasteiger partial charge in [0.1, 0.15) is 0 Å². The lowest BCUT2D eigenvalue weighted by Crippen LogP contribution is -2.46. The summed E-state index contributed by atoms with van der Waals surface area (Å²) >= 11 is 0. The Bertz CT molecular complexity index is 345. The van der Waals surface area contributed by atoms with E-state index in [-0.39, 0.29) is 4.75 Å². The van der Waals surface area contributed by atoms with Crippen LogP contribution in [0.2, 0.25) is 0 Å². The quantitative estimate of drug-likeness (QED) is 0.471. The lowest BCUT2D eigenvalue weighted by molar-refractivity contribution is 0.360. The van der Waals surface area contributed by atoms with E-state index < -0.39 is 10.8 Å². The Balaban J connectivity index is 1.83. The highest BCUT2D eigenvalue weighted by Gasteiger charge is 2.40. The fourth-order valence-electron chi connectivity index (χ4n) is 3.02. The number of hydrogen-bond acceptors (Lipinski definition) is 2. The first-order valence-corrected chi connectivity index (χ1v) is 9.08. The predicted octanol–water partition coefficient (Wildman–Crippen LogP) is 1.91. The van der Waals surface area contributed by atoms with Crippen LogP contribution in [0.15, 0.2) is 4.99 Å². The molecule has 0 aromatic carbocycles. The maximum atomic E-state index is 11.8. The van der Waals surface area contributed by atoms with Gasteiger partial charge in [-0.3, -0.25) is 9.20 Å². The van der Waals surface area contributed by atoms with E-state index in [9.17, 15) is 4.21 Å². The highest BCUT2D eigenvalue weighted by molar-refractivity contribution is 7.85. The molecule has 1 unspecified atom stereocenters. The molecule has 0 aromatic heterocycles. The molecule has 2 saturated carbocycles. The van der Waals surface area contributed by atoms with E-state index in [2.05, 4.69) is 10.3 Å². The lowest BCUT2D eigenvalue weighted by atomic mass is 9.84. The fourth-order valence-corrected chi connectivity index (χ4v) is 4.13. The standard InChI is InChI=1S/C14H27N3OS/c1-19(18)14(9-6-10-14)11-16-13(15)17-12-7-4-2-3-5-8-12/h12H,2-11H2,1H3,(H3,15,16,17). The number of nitrogens with zero attached hydrogens (tertiary/aromatic N) is 1. The van der Waals surface area contributed by atoms with Crippen LogP contribution in [0.3, 0.4) is 0 Å². The summed E-state index contributed by atoms with van der Waals surface area (Å²) in [5, 5.41) is 3.35. The minimum Gasteiger partial charge on any atom is -0.370 e. The molecule has 0 spiro atoms. The van der Waals surface area contributed by atoms with Gasteiger partial charge in [-0.2, -0.15) is 0 Å².